The van der Waals surface area contributed by atoms with Gasteiger partial charge in [-0.15, -0.1) is 0 Å². The predicted molar refractivity (Wildman–Crippen MR) is 56.0 cm³/mol. The largest absolute Gasteiger partial charge is 0.299 e. The monoisotopic (exact) mass is 196 g/mol. The highest BCUT2D eigenvalue weighted by Gasteiger charge is 2.27. The topological polar surface area (TPSA) is 34.1 Å². The number of hydrogen-bond donors (Lipinski definition) is 0. The summed E-state index contributed by atoms with van der Waals surface area (Å²) in [6.07, 6.45) is 5.73. The maximum absolute atomic E-state index is 11.8. The summed E-state index contributed by atoms with van der Waals surface area (Å²) in [7, 11) is 0. The van der Waals surface area contributed by atoms with E-state index in [1.807, 2.05) is 13.8 Å². The Morgan fingerprint density at radius 3 is 2.50 bits per heavy atom. The molecule has 0 aromatic heterocycles. The fourth-order valence-electron chi connectivity index (χ4n) is 2.04. The van der Waals surface area contributed by atoms with E-state index >= 15 is 0 Å². The SMILES string of the molecule is CC(C)C(=O)C1CCCCCCC1=O. The van der Waals surface area contributed by atoms with Gasteiger partial charge in [-0.1, -0.05) is 33.1 Å². The van der Waals surface area contributed by atoms with Crippen molar-refractivity contribution in [3.63, 3.8) is 0 Å². The molecule has 0 radical (unpaired) electrons. The summed E-state index contributed by atoms with van der Waals surface area (Å²) in [6.45, 7) is 3.77. The van der Waals surface area contributed by atoms with E-state index in [1.165, 1.54) is 6.42 Å². The molecule has 1 aliphatic rings. The number of carbonyl (C=O) groups is 2. The molecule has 1 atom stereocenters. The molecule has 0 aromatic carbocycles. The van der Waals surface area contributed by atoms with Crippen LogP contribution in [-0.2, 0) is 9.59 Å². The van der Waals surface area contributed by atoms with E-state index in [4.69, 9.17) is 0 Å². The lowest BCUT2D eigenvalue weighted by atomic mass is 9.83. The van der Waals surface area contributed by atoms with E-state index < -0.39 is 0 Å². The van der Waals surface area contributed by atoms with Crippen molar-refractivity contribution < 1.29 is 9.59 Å². The van der Waals surface area contributed by atoms with E-state index in [2.05, 4.69) is 0 Å². The Labute approximate surface area is 86.1 Å². The molecule has 0 bridgehead atoms. The quantitative estimate of drug-likeness (QED) is 0.636. The van der Waals surface area contributed by atoms with Crippen LogP contribution in [0.1, 0.15) is 52.4 Å². The zero-order valence-corrected chi connectivity index (χ0v) is 9.21. The molecular formula is C12H20O2. The van der Waals surface area contributed by atoms with Crippen LogP contribution in [-0.4, -0.2) is 11.6 Å². The summed E-state index contributed by atoms with van der Waals surface area (Å²) in [5.74, 6) is 0.0546. The van der Waals surface area contributed by atoms with E-state index in [-0.39, 0.29) is 23.4 Å². The Bertz CT molecular complexity index is 218. The number of rotatable bonds is 2. The number of carbonyl (C=O) groups excluding carboxylic acids is 2. The van der Waals surface area contributed by atoms with Crippen molar-refractivity contribution in [2.75, 3.05) is 0 Å². The summed E-state index contributed by atoms with van der Waals surface area (Å²) in [4.78, 5) is 23.4. The van der Waals surface area contributed by atoms with Crippen LogP contribution in [0.5, 0.6) is 0 Å². The lowest BCUT2D eigenvalue weighted by molar-refractivity contribution is -0.135. The maximum Gasteiger partial charge on any atom is 0.145 e. The van der Waals surface area contributed by atoms with Crippen LogP contribution in [0.4, 0.5) is 0 Å². The van der Waals surface area contributed by atoms with Crippen LogP contribution in [0.2, 0.25) is 0 Å². The Morgan fingerprint density at radius 2 is 1.86 bits per heavy atom. The fourth-order valence-corrected chi connectivity index (χ4v) is 2.04. The lowest BCUT2D eigenvalue weighted by Gasteiger charge is -2.18. The molecule has 0 N–H and O–H groups in total. The molecule has 0 spiro atoms. The van der Waals surface area contributed by atoms with Crippen molar-refractivity contribution >= 4 is 11.6 Å². The number of hydrogen-bond acceptors (Lipinski definition) is 2. The lowest BCUT2D eigenvalue weighted by Crippen LogP contribution is -2.28. The van der Waals surface area contributed by atoms with Gasteiger partial charge in [-0.25, -0.2) is 0 Å². The van der Waals surface area contributed by atoms with Crippen molar-refractivity contribution in [1.29, 1.82) is 0 Å². The first-order chi connectivity index (χ1) is 6.63. The molecule has 0 saturated heterocycles. The Balaban J connectivity index is 2.62. The van der Waals surface area contributed by atoms with Crippen molar-refractivity contribution in [1.82, 2.24) is 0 Å². The second kappa shape index (κ2) is 5.28. The van der Waals surface area contributed by atoms with Crippen molar-refractivity contribution in [3.8, 4) is 0 Å². The minimum Gasteiger partial charge on any atom is -0.299 e. The normalized spacial score (nSPS) is 24.5. The average molecular weight is 196 g/mol. The summed E-state index contributed by atoms with van der Waals surface area (Å²) < 4.78 is 0. The summed E-state index contributed by atoms with van der Waals surface area (Å²) in [5.41, 5.74) is 0. The third kappa shape index (κ3) is 2.93. The predicted octanol–water partition coefficient (Wildman–Crippen LogP) is 2.75. The Morgan fingerprint density at radius 1 is 1.21 bits per heavy atom. The Kier molecular flexibility index (Phi) is 4.30. The first kappa shape index (κ1) is 11.4. The molecule has 0 heterocycles. The molecule has 0 aromatic rings. The van der Waals surface area contributed by atoms with Crippen LogP contribution in [0.3, 0.4) is 0 Å². The molecule has 1 rings (SSSR count). The van der Waals surface area contributed by atoms with Gasteiger partial charge in [0.2, 0.25) is 0 Å². The third-order valence-corrected chi connectivity index (χ3v) is 2.97. The molecule has 1 fully saturated rings. The fraction of sp³-hybridized carbons (Fsp3) is 0.833. The van der Waals surface area contributed by atoms with Gasteiger partial charge in [0.1, 0.15) is 11.6 Å². The molecule has 2 heteroatoms. The van der Waals surface area contributed by atoms with Crippen LogP contribution in [0.15, 0.2) is 0 Å². The molecule has 1 aliphatic carbocycles. The number of Topliss-reactive ketones (excluding diaryl/α,β-unsaturated/α-hetero) is 2. The van der Waals surface area contributed by atoms with Gasteiger partial charge in [0.05, 0.1) is 5.92 Å². The minimum atomic E-state index is -0.282. The van der Waals surface area contributed by atoms with E-state index in [9.17, 15) is 9.59 Å². The zero-order valence-electron chi connectivity index (χ0n) is 9.21. The minimum absolute atomic E-state index is 0.00313. The van der Waals surface area contributed by atoms with E-state index in [1.54, 1.807) is 0 Å². The zero-order chi connectivity index (χ0) is 10.6. The van der Waals surface area contributed by atoms with Gasteiger partial charge in [0.15, 0.2) is 0 Å². The first-order valence-corrected chi connectivity index (χ1v) is 5.69. The molecule has 2 nitrogen and oxygen atoms in total. The molecule has 1 saturated carbocycles. The first-order valence-electron chi connectivity index (χ1n) is 5.69. The van der Waals surface area contributed by atoms with Gasteiger partial charge in [0.25, 0.3) is 0 Å². The van der Waals surface area contributed by atoms with Crippen LogP contribution < -0.4 is 0 Å². The van der Waals surface area contributed by atoms with Gasteiger partial charge in [-0.3, -0.25) is 9.59 Å². The molecule has 0 amide bonds. The number of ketones is 2. The highest BCUT2D eigenvalue weighted by Crippen LogP contribution is 2.22. The van der Waals surface area contributed by atoms with Gasteiger partial charge < -0.3 is 0 Å². The Hall–Kier alpha value is -0.660. The molecule has 80 valence electrons. The average Bonchev–Trinajstić information content (AvgIpc) is 2.11. The van der Waals surface area contributed by atoms with Gasteiger partial charge in [0, 0.05) is 12.3 Å². The van der Waals surface area contributed by atoms with Crippen LogP contribution >= 0.6 is 0 Å². The smallest absolute Gasteiger partial charge is 0.145 e. The van der Waals surface area contributed by atoms with Gasteiger partial charge in [-0.05, 0) is 12.8 Å². The van der Waals surface area contributed by atoms with Gasteiger partial charge >= 0.3 is 0 Å². The summed E-state index contributed by atoms with van der Waals surface area (Å²) in [5, 5.41) is 0. The highest BCUT2D eigenvalue weighted by molar-refractivity contribution is 6.03. The van der Waals surface area contributed by atoms with E-state index in [0.29, 0.717) is 6.42 Å². The van der Waals surface area contributed by atoms with Crippen molar-refractivity contribution in [2.24, 2.45) is 11.8 Å². The standard InChI is InChI=1S/C12H20O2/c1-9(2)12(14)10-7-5-3-4-6-8-11(10)13/h9-10H,3-8H2,1-2H3. The van der Waals surface area contributed by atoms with Crippen LogP contribution in [0.25, 0.3) is 0 Å². The maximum atomic E-state index is 11.8. The molecular weight excluding hydrogens is 176 g/mol. The second-order valence-electron chi connectivity index (χ2n) is 4.53. The van der Waals surface area contributed by atoms with Crippen LogP contribution in [0, 0.1) is 11.8 Å². The third-order valence-electron chi connectivity index (χ3n) is 2.97. The second-order valence-corrected chi connectivity index (χ2v) is 4.53. The molecule has 14 heavy (non-hydrogen) atoms. The van der Waals surface area contributed by atoms with Crippen molar-refractivity contribution in [2.45, 2.75) is 52.4 Å². The highest BCUT2D eigenvalue weighted by atomic mass is 16.2. The van der Waals surface area contributed by atoms with Gasteiger partial charge in [-0.2, -0.15) is 0 Å². The van der Waals surface area contributed by atoms with Crippen molar-refractivity contribution in [3.05, 3.63) is 0 Å². The molecule has 0 aliphatic heterocycles. The summed E-state index contributed by atoms with van der Waals surface area (Å²) >= 11 is 0. The summed E-state index contributed by atoms with van der Waals surface area (Å²) in [6, 6.07) is 0. The molecule has 1 unspecified atom stereocenters. The van der Waals surface area contributed by atoms with E-state index in [0.717, 1.165) is 25.7 Å².